The number of nitrogens with zero attached hydrogens (tertiary/aromatic N) is 1. The third kappa shape index (κ3) is 2.44. The Labute approximate surface area is 194 Å². The maximum Gasteiger partial charge on any atom is 0.0553 e. The van der Waals surface area contributed by atoms with E-state index in [1.807, 2.05) is 0 Å². The van der Waals surface area contributed by atoms with E-state index in [-0.39, 0.29) is 0 Å². The summed E-state index contributed by atoms with van der Waals surface area (Å²) in [4.78, 5) is 0. The highest BCUT2D eigenvalue weighted by Gasteiger charge is 2.18. The molecule has 6 aromatic carbocycles. The second-order valence-corrected chi connectivity index (χ2v) is 9.20. The van der Waals surface area contributed by atoms with Crippen LogP contribution >= 0.6 is 15.9 Å². The van der Waals surface area contributed by atoms with Crippen LogP contribution in [-0.4, -0.2) is 4.57 Å². The summed E-state index contributed by atoms with van der Waals surface area (Å²) in [5, 5.41) is 7.75. The van der Waals surface area contributed by atoms with Gasteiger partial charge in [-0.25, -0.2) is 0 Å². The van der Waals surface area contributed by atoms with Crippen LogP contribution in [0.25, 0.3) is 60.2 Å². The van der Waals surface area contributed by atoms with Gasteiger partial charge in [0.15, 0.2) is 0 Å². The van der Waals surface area contributed by atoms with Crippen molar-refractivity contribution in [1.82, 2.24) is 4.57 Å². The van der Waals surface area contributed by atoms with E-state index < -0.39 is 0 Å². The summed E-state index contributed by atoms with van der Waals surface area (Å²) in [6.45, 7) is 0. The van der Waals surface area contributed by atoms with Crippen molar-refractivity contribution in [3.05, 3.63) is 114 Å². The molecule has 1 aromatic heterocycles. The van der Waals surface area contributed by atoms with Crippen LogP contribution in [-0.2, 0) is 0 Å². The summed E-state index contributed by atoms with van der Waals surface area (Å²) in [5.74, 6) is 0. The zero-order valence-corrected chi connectivity index (χ0v) is 18.8. The van der Waals surface area contributed by atoms with Crippen LogP contribution in [0.3, 0.4) is 0 Å². The molecular weight excluding hydrogens is 454 g/mol. The average Bonchev–Trinajstić information content (AvgIpc) is 3.19. The number of para-hydroxylation sites is 1. The first kappa shape index (κ1) is 18.0. The SMILES string of the molecule is Brc1ccc(-c2cc3ccc4cccc5c4c3c(c2)n5-c2ccccc2)c2ccccc12. The van der Waals surface area contributed by atoms with Gasteiger partial charge in [-0.2, -0.15) is 0 Å². The van der Waals surface area contributed by atoms with Gasteiger partial charge < -0.3 is 4.57 Å². The first-order valence-electron chi connectivity index (χ1n) is 10.8. The largest absolute Gasteiger partial charge is 0.309 e. The van der Waals surface area contributed by atoms with E-state index in [1.165, 1.54) is 60.2 Å². The Hall–Kier alpha value is -3.62. The first-order valence-corrected chi connectivity index (χ1v) is 11.6. The molecule has 1 nitrogen and oxygen atoms in total. The zero-order valence-electron chi connectivity index (χ0n) is 17.2. The van der Waals surface area contributed by atoms with E-state index in [9.17, 15) is 0 Å². The van der Waals surface area contributed by atoms with Crippen LogP contribution < -0.4 is 0 Å². The lowest BCUT2D eigenvalue weighted by molar-refractivity contribution is 1.18. The van der Waals surface area contributed by atoms with E-state index in [0.717, 1.165) is 4.47 Å². The highest BCUT2D eigenvalue weighted by molar-refractivity contribution is 9.10. The van der Waals surface area contributed by atoms with Crippen molar-refractivity contribution >= 4 is 59.3 Å². The predicted octanol–water partition coefficient (Wildman–Crippen LogP) is 8.96. The van der Waals surface area contributed by atoms with Crippen molar-refractivity contribution in [3.63, 3.8) is 0 Å². The number of halogens is 1. The molecule has 7 rings (SSSR count). The van der Waals surface area contributed by atoms with Crippen LogP contribution in [0.5, 0.6) is 0 Å². The van der Waals surface area contributed by atoms with E-state index >= 15 is 0 Å². The van der Waals surface area contributed by atoms with Gasteiger partial charge in [0.1, 0.15) is 0 Å². The van der Waals surface area contributed by atoms with Gasteiger partial charge in [-0.3, -0.25) is 0 Å². The molecule has 0 N–H and O–H groups in total. The maximum absolute atomic E-state index is 3.73. The van der Waals surface area contributed by atoms with E-state index in [2.05, 4.69) is 130 Å². The molecule has 150 valence electrons. The van der Waals surface area contributed by atoms with Gasteiger partial charge in [0.2, 0.25) is 0 Å². The molecule has 0 bridgehead atoms. The molecule has 0 amide bonds. The molecule has 0 saturated carbocycles. The fourth-order valence-electron chi connectivity index (χ4n) is 5.22. The summed E-state index contributed by atoms with van der Waals surface area (Å²) in [6, 6.07) is 39.5. The number of aromatic nitrogens is 1. The van der Waals surface area contributed by atoms with Gasteiger partial charge in [-0.1, -0.05) is 88.7 Å². The van der Waals surface area contributed by atoms with Crippen LogP contribution in [0.2, 0.25) is 0 Å². The van der Waals surface area contributed by atoms with Crippen LogP contribution in [0.1, 0.15) is 0 Å². The lowest BCUT2D eigenvalue weighted by atomic mass is 9.94. The third-order valence-electron chi connectivity index (χ3n) is 6.59. The topological polar surface area (TPSA) is 4.93 Å². The standard InChI is InChI=1S/C30H18BrN/c31-26-16-15-23(24-10-4-5-11-25(24)26)21-17-20-14-13-19-7-6-12-27-29(19)30(20)28(18-21)32(27)22-8-2-1-3-9-22/h1-18H. The lowest BCUT2D eigenvalue weighted by Crippen LogP contribution is -1.93. The second-order valence-electron chi connectivity index (χ2n) is 8.35. The molecule has 1 heterocycles. The molecule has 0 aliphatic rings. The van der Waals surface area contributed by atoms with Gasteiger partial charge in [0.25, 0.3) is 0 Å². The minimum absolute atomic E-state index is 1.13. The second kappa shape index (κ2) is 6.69. The van der Waals surface area contributed by atoms with Crippen LogP contribution in [0.4, 0.5) is 0 Å². The van der Waals surface area contributed by atoms with Crippen molar-refractivity contribution in [2.75, 3.05) is 0 Å². The molecule has 0 aliphatic carbocycles. The first-order chi connectivity index (χ1) is 15.8. The van der Waals surface area contributed by atoms with Crippen molar-refractivity contribution < 1.29 is 0 Å². The maximum atomic E-state index is 3.73. The van der Waals surface area contributed by atoms with Crippen molar-refractivity contribution in [1.29, 1.82) is 0 Å². The van der Waals surface area contributed by atoms with Crippen molar-refractivity contribution in [3.8, 4) is 16.8 Å². The Morgan fingerprint density at radius 2 is 1.28 bits per heavy atom. The summed E-state index contributed by atoms with van der Waals surface area (Å²) in [7, 11) is 0. The molecule has 0 saturated heterocycles. The van der Waals surface area contributed by atoms with Gasteiger partial charge in [-0.15, -0.1) is 0 Å². The Morgan fingerprint density at radius 3 is 2.16 bits per heavy atom. The van der Waals surface area contributed by atoms with Gasteiger partial charge in [0, 0.05) is 20.9 Å². The molecule has 7 aromatic rings. The lowest BCUT2D eigenvalue weighted by Gasteiger charge is -2.12. The molecular formula is C30H18BrN. The Bertz CT molecular complexity index is 1780. The van der Waals surface area contributed by atoms with Gasteiger partial charge in [0.05, 0.1) is 11.0 Å². The number of rotatable bonds is 2. The minimum Gasteiger partial charge on any atom is -0.309 e. The Morgan fingerprint density at radius 1 is 0.531 bits per heavy atom. The highest BCUT2D eigenvalue weighted by atomic mass is 79.9. The quantitative estimate of drug-likeness (QED) is 0.221. The molecule has 32 heavy (non-hydrogen) atoms. The smallest absolute Gasteiger partial charge is 0.0553 e. The molecule has 0 aliphatic heterocycles. The zero-order chi connectivity index (χ0) is 21.2. The number of fused-ring (bicyclic) bond motifs is 1. The van der Waals surface area contributed by atoms with E-state index in [0.29, 0.717) is 0 Å². The van der Waals surface area contributed by atoms with E-state index in [4.69, 9.17) is 0 Å². The molecule has 0 radical (unpaired) electrons. The van der Waals surface area contributed by atoms with Crippen LogP contribution in [0.15, 0.2) is 114 Å². The van der Waals surface area contributed by atoms with Crippen molar-refractivity contribution in [2.24, 2.45) is 0 Å². The summed E-state index contributed by atoms with van der Waals surface area (Å²) < 4.78 is 3.54. The number of benzene rings is 6. The molecule has 0 spiro atoms. The molecule has 2 heteroatoms. The fourth-order valence-corrected chi connectivity index (χ4v) is 5.70. The van der Waals surface area contributed by atoms with E-state index in [1.54, 1.807) is 0 Å². The summed E-state index contributed by atoms with van der Waals surface area (Å²) >= 11 is 3.73. The molecule has 0 unspecified atom stereocenters. The molecule has 0 atom stereocenters. The summed E-state index contributed by atoms with van der Waals surface area (Å²) in [5.41, 5.74) is 6.19. The number of hydrogen-bond donors (Lipinski definition) is 0. The highest BCUT2D eigenvalue weighted by Crippen LogP contribution is 2.42. The van der Waals surface area contributed by atoms with Crippen molar-refractivity contribution in [2.45, 2.75) is 0 Å². The van der Waals surface area contributed by atoms with Crippen LogP contribution in [0, 0.1) is 0 Å². The third-order valence-corrected chi connectivity index (χ3v) is 7.28. The predicted molar refractivity (Wildman–Crippen MR) is 140 cm³/mol. The minimum atomic E-state index is 1.13. The molecule has 0 fully saturated rings. The van der Waals surface area contributed by atoms with Gasteiger partial charge >= 0.3 is 0 Å². The average molecular weight is 472 g/mol. The Balaban J connectivity index is 1.66. The van der Waals surface area contributed by atoms with Gasteiger partial charge in [-0.05, 0) is 69.1 Å². The summed E-state index contributed by atoms with van der Waals surface area (Å²) in [6.07, 6.45) is 0. The fraction of sp³-hybridized carbons (Fsp3) is 0. The normalized spacial score (nSPS) is 11.9. The number of hydrogen-bond acceptors (Lipinski definition) is 0. The monoisotopic (exact) mass is 471 g/mol. The Kier molecular flexibility index (Phi) is 3.76.